The smallest absolute Gasteiger partial charge is 0.250 e. The molecule has 1 amide bonds. The largest absolute Gasteiger partial charge is 0.497 e. The minimum absolute atomic E-state index is 0.103. The number of nitrogens with zero attached hydrogens (tertiary/aromatic N) is 4. The Hall–Kier alpha value is -3.33. The lowest BCUT2D eigenvalue weighted by Crippen LogP contribution is -2.20. The van der Waals surface area contributed by atoms with E-state index in [0.29, 0.717) is 21.0 Å². The van der Waals surface area contributed by atoms with Gasteiger partial charge in [-0.15, -0.1) is 10.2 Å². The van der Waals surface area contributed by atoms with Crippen molar-refractivity contribution in [3.05, 3.63) is 87.9 Å². The van der Waals surface area contributed by atoms with Crippen LogP contribution in [-0.2, 0) is 4.79 Å². The molecule has 0 saturated heterocycles. The molecular weight excluding hydrogens is 505 g/mol. The Kier molecular flexibility index (Phi) is 8.07. The number of hydrogen-bond acceptors (Lipinski definition) is 6. The summed E-state index contributed by atoms with van der Waals surface area (Å²) in [6, 6.07) is 20.7. The number of benzene rings is 3. The van der Waals surface area contributed by atoms with Crippen molar-refractivity contribution < 1.29 is 9.53 Å². The fraction of sp³-hybridized carbons (Fsp3) is 0.120. The number of hydrazone groups is 1. The van der Waals surface area contributed by atoms with Gasteiger partial charge < -0.3 is 4.74 Å². The highest BCUT2D eigenvalue weighted by Gasteiger charge is 2.17. The Morgan fingerprint density at radius 3 is 2.49 bits per heavy atom. The van der Waals surface area contributed by atoms with Crippen molar-refractivity contribution in [1.29, 1.82) is 0 Å². The zero-order chi connectivity index (χ0) is 24.8. The Morgan fingerprint density at radius 2 is 1.80 bits per heavy atom. The molecule has 0 spiro atoms. The van der Waals surface area contributed by atoms with Gasteiger partial charge in [0, 0.05) is 11.3 Å². The summed E-state index contributed by atoms with van der Waals surface area (Å²) < 4.78 is 7.19. The number of hydrogen-bond donors (Lipinski definition) is 1. The molecule has 0 aliphatic rings. The fourth-order valence-electron chi connectivity index (χ4n) is 3.15. The van der Waals surface area contributed by atoms with E-state index in [9.17, 15) is 4.79 Å². The molecule has 178 valence electrons. The summed E-state index contributed by atoms with van der Waals surface area (Å²) in [7, 11) is 1.62. The van der Waals surface area contributed by atoms with Crippen molar-refractivity contribution in [2.24, 2.45) is 5.10 Å². The van der Waals surface area contributed by atoms with E-state index >= 15 is 0 Å². The van der Waals surface area contributed by atoms with E-state index in [1.54, 1.807) is 25.3 Å². The molecule has 7 nitrogen and oxygen atoms in total. The summed E-state index contributed by atoms with van der Waals surface area (Å²) >= 11 is 13.2. The molecular formula is C25H21Cl2N5O2S. The summed E-state index contributed by atoms with van der Waals surface area (Å²) in [6.07, 6.45) is 1.50. The normalized spacial score (nSPS) is 11.1. The lowest BCUT2D eigenvalue weighted by Gasteiger charge is -2.11. The number of rotatable bonds is 8. The number of amides is 1. The van der Waals surface area contributed by atoms with Crippen molar-refractivity contribution in [3.63, 3.8) is 0 Å². The molecule has 0 radical (unpaired) electrons. The molecule has 35 heavy (non-hydrogen) atoms. The molecule has 0 saturated carbocycles. The first-order chi connectivity index (χ1) is 16.9. The predicted octanol–water partition coefficient (Wildman–Crippen LogP) is 5.80. The summed E-state index contributed by atoms with van der Waals surface area (Å²) in [5.74, 6) is 1.24. The molecule has 1 N–H and O–H groups in total. The minimum atomic E-state index is -0.282. The maximum Gasteiger partial charge on any atom is 0.250 e. The molecule has 0 atom stereocenters. The number of halogens is 2. The number of methoxy groups -OCH3 is 1. The maximum atomic E-state index is 12.4. The zero-order valence-electron chi connectivity index (χ0n) is 18.9. The van der Waals surface area contributed by atoms with Gasteiger partial charge in [0.25, 0.3) is 5.91 Å². The SMILES string of the molecule is COc1ccc(-c2nnc(SCC(=O)NN=Cc3ccc(Cl)c(Cl)c3)n2-c2ccc(C)cc2)cc1. The van der Waals surface area contributed by atoms with Crippen LogP contribution in [0, 0.1) is 6.92 Å². The van der Waals surface area contributed by atoms with Gasteiger partial charge in [-0.2, -0.15) is 5.10 Å². The van der Waals surface area contributed by atoms with E-state index in [4.69, 9.17) is 27.9 Å². The van der Waals surface area contributed by atoms with Crippen LogP contribution in [0.1, 0.15) is 11.1 Å². The van der Waals surface area contributed by atoms with Crippen LogP contribution in [0.4, 0.5) is 0 Å². The van der Waals surface area contributed by atoms with Gasteiger partial charge in [0.2, 0.25) is 0 Å². The zero-order valence-corrected chi connectivity index (χ0v) is 21.2. The van der Waals surface area contributed by atoms with Crippen LogP contribution >= 0.6 is 35.0 Å². The number of thioether (sulfide) groups is 1. The first-order valence-electron chi connectivity index (χ1n) is 10.5. The summed E-state index contributed by atoms with van der Waals surface area (Å²) in [5.41, 5.74) is 6.15. The van der Waals surface area contributed by atoms with Crippen LogP contribution in [0.25, 0.3) is 17.1 Å². The van der Waals surface area contributed by atoms with E-state index in [1.165, 1.54) is 18.0 Å². The number of aromatic nitrogens is 3. The van der Waals surface area contributed by atoms with E-state index < -0.39 is 0 Å². The average Bonchev–Trinajstić information content (AvgIpc) is 3.29. The van der Waals surface area contributed by atoms with Crippen LogP contribution in [0.3, 0.4) is 0 Å². The van der Waals surface area contributed by atoms with E-state index in [2.05, 4.69) is 20.7 Å². The number of aryl methyl sites for hydroxylation is 1. The molecule has 0 bridgehead atoms. The van der Waals surface area contributed by atoms with Gasteiger partial charge in [0.1, 0.15) is 5.75 Å². The molecule has 0 unspecified atom stereocenters. The lowest BCUT2D eigenvalue weighted by atomic mass is 10.2. The molecule has 1 heterocycles. The number of nitrogens with one attached hydrogen (secondary N) is 1. The fourth-order valence-corrected chi connectivity index (χ4v) is 4.20. The third-order valence-corrected chi connectivity index (χ3v) is 6.62. The molecule has 1 aromatic heterocycles. The van der Waals surface area contributed by atoms with Gasteiger partial charge in [-0.05, 0) is 61.0 Å². The number of carbonyl (C=O) groups is 1. The van der Waals surface area contributed by atoms with Gasteiger partial charge >= 0.3 is 0 Å². The standard InChI is InChI=1S/C25H21Cl2N5O2S/c1-16-3-8-19(9-4-16)32-24(18-6-10-20(34-2)11-7-18)30-31-25(32)35-15-23(33)29-28-14-17-5-12-21(26)22(27)13-17/h3-14H,15H2,1-2H3,(H,29,33). The quantitative estimate of drug-likeness (QED) is 0.178. The average molecular weight is 526 g/mol. The van der Waals surface area contributed by atoms with Gasteiger partial charge in [-0.1, -0.05) is 58.7 Å². The highest BCUT2D eigenvalue weighted by Crippen LogP contribution is 2.29. The lowest BCUT2D eigenvalue weighted by molar-refractivity contribution is -0.118. The monoisotopic (exact) mass is 525 g/mol. The Morgan fingerprint density at radius 1 is 1.06 bits per heavy atom. The Labute approximate surface area is 217 Å². The summed E-state index contributed by atoms with van der Waals surface area (Å²) in [4.78, 5) is 12.4. The molecule has 3 aromatic carbocycles. The molecule has 0 aliphatic heterocycles. The van der Waals surface area contributed by atoms with Gasteiger partial charge in [-0.25, -0.2) is 5.43 Å². The van der Waals surface area contributed by atoms with E-state index in [1.807, 2.05) is 60.0 Å². The summed E-state index contributed by atoms with van der Waals surface area (Å²) in [6.45, 7) is 2.03. The summed E-state index contributed by atoms with van der Waals surface area (Å²) in [5, 5.41) is 14.2. The van der Waals surface area contributed by atoms with Crippen LogP contribution in [0.2, 0.25) is 10.0 Å². The van der Waals surface area contributed by atoms with Crippen molar-refractivity contribution in [2.45, 2.75) is 12.1 Å². The first-order valence-corrected chi connectivity index (χ1v) is 12.3. The topological polar surface area (TPSA) is 81.4 Å². The van der Waals surface area contributed by atoms with Crippen molar-refractivity contribution in [1.82, 2.24) is 20.2 Å². The van der Waals surface area contributed by atoms with Gasteiger partial charge in [0.05, 0.1) is 29.1 Å². The second kappa shape index (κ2) is 11.4. The van der Waals surface area contributed by atoms with Crippen molar-refractivity contribution in [2.75, 3.05) is 12.9 Å². The minimum Gasteiger partial charge on any atom is -0.497 e. The number of carbonyl (C=O) groups excluding carboxylic acids is 1. The van der Waals surface area contributed by atoms with Crippen molar-refractivity contribution in [3.8, 4) is 22.8 Å². The predicted molar refractivity (Wildman–Crippen MR) is 141 cm³/mol. The van der Waals surface area contributed by atoms with Crippen LogP contribution in [0.5, 0.6) is 5.75 Å². The molecule has 4 rings (SSSR count). The van der Waals surface area contributed by atoms with Gasteiger partial charge in [0.15, 0.2) is 11.0 Å². The third-order valence-electron chi connectivity index (χ3n) is 4.95. The van der Waals surface area contributed by atoms with Crippen molar-refractivity contribution >= 4 is 47.1 Å². The van der Waals surface area contributed by atoms with Crippen LogP contribution in [0.15, 0.2) is 77.0 Å². The van der Waals surface area contributed by atoms with Crippen LogP contribution in [-0.4, -0.2) is 39.7 Å². The first kappa shape index (κ1) is 24.8. The Balaban J connectivity index is 1.51. The highest BCUT2D eigenvalue weighted by molar-refractivity contribution is 7.99. The third kappa shape index (κ3) is 6.22. The molecule has 10 heteroatoms. The highest BCUT2D eigenvalue weighted by atomic mass is 35.5. The number of ether oxygens (including phenoxy) is 1. The molecule has 4 aromatic rings. The van der Waals surface area contributed by atoms with E-state index in [0.717, 1.165) is 28.1 Å². The molecule has 0 aliphatic carbocycles. The second-order valence-electron chi connectivity index (χ2n) is 7.46. The van der Waals surface area contributed by atoms with Gasteiger partial charge in [-0.3, -0.25) is 9.36 Å². The van der Waals surface area contributed by atoms with E-state index in [-0.39, 0.29) is 11.7 Å². The second-order valence-corrected chi connectivity index (χ2v) is 9.22. The molecule has 0 fully saturated rings. The van der Waals surface area contributed by atoms with Crippen LogP contribution < -0.4 is 10.2 Å². The maximum absolute atomic E-state index is 12.4. The Bertz CT molecular complexity index is 1360.